The van der Waals surface area contributed by atoms with Gasteiger partial charge in [-0.05, 0) is 61.4 Å². The molecule has 42 heavy (non-hydrogen) atoms. The second-order valence-electron chi connectivity index (χ2n) is 9.93. The third-order valence-electron chi connectivity index (χ3n) is 7.01. The number of aryl methyl sites for hydroxylation is 3. The zero-order valence-corrected chi connectivity index (χ0v) is 23.1. The summed E-state index contributed by atoms with van der Waals surface area (Å²) in [5, 5.41) is 7.40. The summed E-state index contributed by atoms with van der Waals surface area (Å²) in [4.78, 5) is 30.6. The second-order valence-corrected chi connectivity index (χ2v) is 9.93. The highest BCUT2D eigenvalue weighted by Crippen LogP contribution is 2.39. The van der Waals surface area contributed by atoms with Crippen molar-refractivity contribution in [3.05, 3.63) is 93.7 Å². The molecule has 0 saturated carbocycles. The van der Waals surface area contributed by atoms with Crippen LogP contribution in [-0.4, -0.2) is 37.3 Å². The number of aromatic nitrogens is 5. The number of nitrogens with zero attached hydrogens (tertiary/aromatic N) is 5. The molecule has 1 N–H and O–H groups in total. The van der Waals surface area contributed by atoms with Crippen LogP contribution in [0.4, 0.5) is 23.2 Å². The Labute approximate surface area is 237 Å². The number of likely N-dealkylation sites (N-methyl/N-ethyl adjacent to an activating group) is 1. The van der Waals surface area contributed by atoms with Crippen molar-refractivity contribution in [2.45, 2.75) is 33.2 Å². The smallest absolute Gasteiger partial charge is 0.416 e. The predicted octanol–water partition coefficient (Wildman–Crippen LogP) is 5.14. The number of halogens is 4. The predicted molar refractivity (Wildman–Crippen MR) is 148 cm³/mol. The Morgan fingerprint density at radius 3 is 2.43 bits per heavy atom. The van der Waals surface area contributed by atoms with Crippen LogP contribution < -0.4 is 15.3 Å². The number of rotatable bonds is 7. The number of aromatic amines is 1. The molecule has 9 nitrogen and oxygen atoms in total. The molecule has 5 rings (SSSR count). The van der Waals surface area contributed by atoms with E-state index in [9.17, 15) is 22.8 Å². The van der Waals surface area contributed by atoms with Gasteiger partial charge >= 0.3 is 11.9 Å². The van der Waals surface area contributed by atoms with E-state index in [2.05, 4.69) is 15.2 Å². The Balaban J connectivity index is 1.60. The van der Waals surface area contributed by atoms with Gasteiger partial charge in [-0.3, -0.25) is 13.9 Å². The van der Waals surface area contributed by atoms with E-state index in [-0.39, 0.29) is 34.5 Å². The van der Waals surface area contributed by atoms with E-state index in [1.165, 1.54) is 31.4 Å². The lowest BCUT2D eigenvalue weighted by molar-refractivity contribution is -0.137. The van der Waals surface area contributed by atoms with Crippen molar-refractivity contribution in [2.75, 3.05) is 11.9 Å². The SMILES string of the molecule is Cc1ccc(N(C)C(=O)Cn2c(=O)n(C)c3c(-c4cc(C)c(OCc5nnc[nH]5)c(F)c4)cc(C(F)(F)F)cc32)cc1. The molecule has 2 aromatic heterocycles. The average molecular weight is 583 g/mol. The number of anilines is 1. The molecule has 0 fully saturated rings. The minimum Gasteiger partial charge on any atom is -0.482 e. The first-order chi connectivity index (χ1) is 19.8. The molecule has 0 aliphatic rings. The van der Waals surface area contributed by atoms with Gasteiger partial charge in [0.05, 0.1) is 16.6 Å². The van der Waals surface area contributed by atoms with E-state index < -0.39 is 35.7 Å². The lowest BCUT2D eigenvalue weighted by Gasteiger charge is -2.18. The van der Waals surface area contributed by atoms with Crippen LogP contribution in [0.15, 0.2) is 59.7 Å². The molecule has 1 amide bonds. The summed E-state index contributed by atoms with van der Waals surface area (Å²) < 4.78 is 65.2. The lowest BCUT2D eigenvalue weighted by atomic mass is 9.98. The Hall–Kier alpha value is -4.94. The number of imidazole rings is 1. The molecule has 5 aromatic rings. The molecule has 0 spiro atoms. The molecule has 0 bridgehead atoms. The van der Waals surface area contributed by atoms with Gasteiger partial charge in [0.15, 0.2) is 17.4 Å². The number of alkyl halides is 3. The van der Waals surface area contributed by atoms with E-state index in [0.717, 1.165) is 32.9 Å². The van der Waals surface area contributed by atoms with Gasteiger partial charge in [0.1, 0.15) is 19.5 Å². The molecular formula is C29H26F4N6O3. The summed E-state index contributed by atoms with van der Waals surface area (Å²) in [6, 6.07) is 11.3. The molecule has 218 valence electrons. The monoisotopic (exact) mass is 582 g/mol. The molecule has 2 heterocycles. The highest BCUT2D eigenvalue weighted by atomic mass is 19.4. The van der Waals surface area contributed by atoms with Crippen molar-refractivity contribution in [3.63, 3.8) is 0 Å². The minimum absolute atomic E-state index is 0.0266. The quantitative estimate of drug-likeness (QED) is 0.268. The Morgan fingerprint density at radius 1 is 1.10 bits per heavy atom. The van der Waals surface area contributed by atoms with E-state index in [1.54, 1.807) is 19.1 Å². The van der Waals surface area contributed by atoms with Crippen LogP contribution in [0.2, 0.25) is 0 Å². The molecule has 0 unspecified atom stereocenters. The van der Waals surface area contributed by atoms with Gasteiger partial charge in [0.25, 0.3) is 0 Å². The lowest BCUT2D eigenvalue weighted by Crippen LogP contribution is -2.34. The largest absolute Gasteiger partial charge is 0.482 e. The van der Waals surface area contributed by atoms with Crippen LogP contribution in [0.25, 0.3) is 22.2 Å². The van der Waals surface area contributed by atoms with Crippen LogP contribution in [0.1, 0.15) is 22.5 Å². The second kappa shape index (κ2) is 10.8. The fourth-order valence-corrected chi connectivity index (χ4v) is 4.76. The van der Waals surface area contributed by atoms with Gasteiger partial charge in [0, 0.05) is 25.3 Å². The van der Waals surface area contributed by atoms with Crippen molar-refractivity contribution in [1.29, 1.82) is 0 Å². The maximum atomic E-state index is 15.3. The topological polar surface area (TPSA) is 98.0 Å². The van der Waals surface area contributed by atoms with Gasteiger partial charge < -0.3 is 14.6 Å². The van der Waals surface area contributed by atoms with Crippen molar-refractivity contribution in [3.8, 4) is 16.9 Å². The van der Waals surface area contributed by atoms with Crippen LogP contribution in [0.3, 0.4) is 0 Å². The summed E-state index contributed by atoms with van der Waals surface area (Å²) in [5.74, 6) is -1.07. The van der Waals surface area contributed by atoms with Crippen LogP contribution in [0, 0.1) is 19.7 Å². The van der Waals surface area contributed by atoms with Crippen LogP contribution in [0.5, 0.6) is 5.75 Å². The maximum absolute atomic E-state index is 15.3. The molecule has 0 aliphatic heterocycles. The number of H-pyrrole nitrogens is 1. The zero-order valence-electron chi connectivity index (χ0n) is 23.1. The molecule has 0 saturated heterocycles. The van der Waals surface area contributed by atoms with Gasteiger partial charge in [-0.1, -0.05) is 17.7 Å². The van der Waals surface area contributed by atoms with Gasteiger partial charge in [0.2, 0.25) is 5.91 Å². The van der Waals surface area contributed by atoms with Crippen molar-refractivity contribution in [1.82, 2.24) is 24.3 Å². The van der Waals surface area contributed by atoms with E-state index in [4.69, 9.17) is 4.74 Å². The summed E-state index contributed by atoms with van der Waals surface area (Å²) in [6.07, 6.45) is -3.44. The fourth-order valence-electron chi connectivity index (χ4n) is 4.76. The molecule has 13 heteroatoms. The molecule has 3 aromatic carbocycles. The first-order valence-corrected chi connectivity index (χ1v) is 12.8. The summed E-state index contributed by atoms with van der Waals surface area (Å²) in [6.45, 7) is 2.83. The van der Waals surface area contributed by atoms with E-state index >= 15 is 4.39 Å². The van der Waals surface area contributed by atoms with Crippen LogP contribution in [-0.2, 0) is 31.2 Å². The fraction of sp³-hybridized carbons (Fsp3) is 0.241. The normalized spacial score (nSPS) is 11.7. The van der Waals surface area contributed by atoms with E-state index in [1.807, 2.05) is 19.1 Å². The number of fused-ring (bicyclic) bond motifs is 1. The first-order valence-electron chi connectivity index (χ1n) is 12.8. The summed E-state index contributed by atoms with van der Waals surface area (Å²) >= 11 is 0. The van der Waals surface area contributed by atoms with Gasteiger partial charge in [-0.2, -0.15) is 13.2 Å². The average Bonchev–Trinajstić information content (AvgIpc) is 3.54. The highest BCUT2D eigenvalue weighted by Gasteiger charge is 2.33. The zero-order chi connectivity index (χ0) is 30.3. The Bertz CT molecular complexity index is 1820. The Kier molecular flexibility index (Phi) is 7.35. The van der Waals surface area contributed by atoms with Crippen LogP contribution >= 0.6 is 0 Å². The highest BCUT2D eigenvalue weighted by molar-refractivity contribution is 5.96. The number of benzene rings is 3. The molecule has 0 atom stereocenters. The number of nitrogens with one attached hydrogen (secondary N) is 1. The first kappa shape index (κ1) is 28.6. The molecule has 0 aliphatic carbocycles. The molecule has 0 radical (unpaired) electrons. The minimum atomic E-state index is -4.78. The van der Waals surface area contributed by atoms with Gasteiger partial charge in [-0.15, -0.1) is 10.2 Å². The number of hydrogen-bond acceptors (Lipinski definition) is 5. The number of hydrogen-bond donors (Lipinski definition) is 1. The number of amides is 1. The maximum Gasteiger partial charge on any atom is 0.416 e. The number of carbonyl (C=O) groups is 1. The number of ether oxygens (including phenoxy) is 1. The van der Waals surface area contributed by atoms with Crippen molar-refractivity contribution in [2.24, 2.45) is 7.05 Å². The third kappa shape index (κ3) is 5.37. The standard InChI is InChI=1S/C29H26F4N6O3/c1-16-5-7-20(8-6-16)37(3)25(40)13-39-23-12-19(29(31,32)33)11-21(26(23)38(4)28(39)41)18-9-17(2)27(22(30)10-18)42-14-24-34-15-35-36-24/h5-12,15H,13-14H2,1-4H3,(H,34,35,36). The molecular weight excluding hydrogens is 556 g/mol. The summed E-state index contributed by atoms with van der Waals surface area (Å²) in [5.41, 5.74) is 0.201. The van der Waals surface area contributed by atoms with Crippen molar-refractivity contribution < 1.29 is 27.1 Å². The van der Waals surface area contributed by atoms with Gasteiger partial charge in [-0.25, -0.2) is 9.18 Å². The Morgan fingerprint density at radius 2 is 1.81 bits per heavy atom. The summed E-state index contributed by atoms with van der Waals surface area (Å²) in [7, 11) is 2.91. The van der Waals surface area contributed by atoms with Crippen molar-refractivity contribution >= 4 is 22.6 Å². The third-order valence-corrected chi connectivity index (χ3v) is 7.01. The number of carbonyl (C=O) groups excluding carboxylic acids is 1. The van der Waals surface area contributed by atoms with E-state index in [0.29, 0.717) is 17.1 Å².